The molecule has 0 atom stereocenters. The molecule has 0 heterocycles. The van der Waals surface area contributed by atoms with Gasteiger partial charge in [-0.15, -0.1) is 46.8 Å². The van der Waals surface area contributed by atoms with Crippen molar-refractivity contribution in [1.29, 1.82) is 0 Å². The molecular weight excluding hydrogens is 447 g/mol. The minimum absolute atomic E-state index is 0. The predicted molar refractivity (Wildman–Crippen MR) is 98.0 cm³/mol. The van der Waals surface area contributed by atoms with E-state index in [4.69, 9.17) is 0 Å². The molecular formula is C14H26Br2SiZr-6. The van der Waals surface area contributed by atoms with Crippen molar-refractivity contribution < 1.29 is 23.3 Å². The van der Waals surface area contributed by atoms with Crippen LogP contribution in [0.2, 0.25) is 0 Å². The van der Waals surface area contributed by atoms with Crippen LogP contribution in [0.4, 0.5) is 0 Å². The van der Waals surface area contributed by atoms with Gasteiger partial charge in [0, 0.05) is 0 Å². The second kappa shape index (κ2) is 43.0. The van der Waals surface area contributed by atoms with Gasteiger partial charge < -0.3 is 29.7 Å². The zero-order valence-corrected chi connectivity index (χ0v) is 19.2. The first kappa shape index (κ1) is 42.7. The van der Waals surface area contributed by atoms with E-state index in [-0.39, 0.29) is 63.7 Å². The summed E-state index contributed by atoms with van der Waals surface area (Å²) in [6.45, 7) is 1.95. The molecule has 0 radical (unpaired) electrons. The van der Waals surface area contributed by atoms with E-state index < -0.39 is 0 Å². The van der Waals surface area contributed by atoms with E-state index in [2.05, 4.69) is 24.3 Å². The summed E-state index contributed by atoms with van der Waals surface area (Å²) < 4.78 is 0. The summed E-state index contributed by atoms with van der Waals surface area (Å²) in [5.41, 5.74) is 0. The van der Waals surface area contributed by atoms with E-state index in [0.717, 1.165) is 12.8 Å². The van der Waals surface area contributed by atoms with Crippen molar-refractivity contribution in [3.63, 3.8) is 0 Å². The van der Waals surface area contributed by atoms with Crippen LogP contribution in [0, 0.1) is 41.9 Å². The molecule has 0 bridgehead atoms. The van der Waals surface area contributed by atoms with Crippen LogP contribution in [0.15, 0.2) is 36.5 Å². The van der Waals surface area contributed by atoms with E-state index in [0.29, 0.717) is 0 Å². The first-order valence-electron chi connectivity index (χ1n) is 3.79. The molecule has 0 aromatic heterocycles. The summed E-state index contributed by atoms with van der Waals surface area (Å²) in [5.74, 6) is 0. The molecule has 0 amide bonds. The van der Waals surface area contributed by atoms with Crippen LogP contribution in [0.25, 0.3) is 0 Å². The summed E-state index contributed by atoms with van der Waals surface area (Å²) in [5, 5.41) is 0. The zero-order chi connectivity index (χ0) is 9.07. The van der Waals surface area contributed by atoms with Gasteiger partial charge in [0.2, 0.25) is 0 Å². The number of allylic oxidation sites excluding steroid dienone is 8. The Balaban J connectivity index is -0.0000000183. The van der Waals surface area contributed by atoms with Gasteiger partial charge in [0.25, 0.3) is 0 Å². The Bertz CT molecular complexity index is 170. The number of rotatable bonds is 0. The van der Waals surface area contributed by atoms with Crippen LogP contribution in [0.5, 0.6) is 0 Å². The molecule has 2 aliphatic rings. The van der Waals surface area contributed by atoms with E-state index in [1.807, 2.05) is 31.2 Å². The summed E-state index contributed by atoms with van der Waals surface area (Å²) in [4.78, 5) is 0. The Morgan fingerprint density at radius 3 is 1.06 bits per heavy atom. The fourth-order valence-electron chi connectivity index (χ4n) is 0.680. The minimum atomic E-state index is 0. The zero-order valence-electron chi connectivity index (χ0n) is 11.9. The molecule has 2 aliphatic carbocycles. The molecule has 0 aromatic rings. The molecule has 4 heteroatoms. The van der Waals surface area contributed by atoms with Crippen LogP contribution in [-0.4, -0.2) is 6.88 Å². The molecule has 0 fully saturated rings. The first-order valence-corrected chi connectivity index (χ1v) is 9.71. The van der Waals surface area contributed by atoms with Crippen molar-refractivity contribution in [2.75, 3.05) is 0 Å². The molecule has 0 nitrogen and oxygen atoms in total. The van der Waals surface area contributed by atoms with Crippen LogP contribution in [0.1, 0.15) is 12.8 Å². The van der Waals surface area contributed by atoms with E-state index in [9.17, 15) is 0 Å². The maximum absolute atomic E-state index is 2.99. The molecule has 2 rings (SSSR count). The molecule has 0 unspecified atom stereocenters. The van der Waals surface area contributed by atoms with Gasteiger partial charge in [0.15, 0.2) is 0 Å². The Labute approximate surface area is 154 Å². The van der Waals surface area contributed by atoms with Crippen LogP contribution < -0.4 is 0 Å². The van der Waals surface area contributed by atoms with Gasteiger partial charge in [-0.1, -0.05) is 0 Å². The first-order chi connectivity index (χ1) is 6.00. The standard InChI is InChI=1S/2C5H5.4CH3.2BrH.H2Si.Zr/c2*1-2-4-5-3-1;;;;;;;;/h2*1-3H,4H2;4*1H3;2*1H;1H2;/q6*-1;;;;. The SMILES string of the molecule is Br.Br.[C-]1=CC=CC1.[C-]1=CC=CC1.[CH3-].[CH3-].[CH3-].[CH3-].[SiH2]=[Zr]. The second-order valence-electron chi connectivity index (χ2n) is 2.01. The number of hydrogen-bond donors (Lipinski definition) is 0. The molecule has 0 N–H and O–H groups in total. The van der Waals surface area contributed by atoms with Crippen molar-refractivity contribution >= 4 is 40.8 Å². The van der Waals surface area contributed by atoms with Crippen LogP contribution in [0.3, 0.4) is 0 Å². The van der Waals surface area contributed by atoms with E-state index in [1.54, 1.807) is 23.3 Å². The summed E-state index contributed by atoms with van der Waals surface area (Å²) in [6.07, 6.45) is 20.0. The average molecular weight is 473 g/mol. The summed E-state index contributed by atoms with van der Waals surface area (Å²) in [7, 11) is 0. The van der Waals surface area contributed by atoms with Gasteiger partial charge in [-0.3, -0.25) is 12.2 Å². The third kappa shape index (κ3) is 36.0. The molecule has 0 aromatic carbocycles. The van der Waals surface area contributed by atoms with Crippen LogP contribution in [-0.2, 0) is 23.3 Å². The third-order valence-electron chi connectivity index (χ3n) is 1.17. The van der Waals surface area contributed by atoms with E-state index in [1.165, 1.54) is 0 Å². The predicted octanol–water partition coefficient (Wildman–Crippen LogP) is 4.65. The monoisotopic (exact) mass is 470 g/mol. The third-order valence-corrected chi connectivity index (χ3v) is 1.17. The van der Waals surface area contributed by atoms with Gasteiger partial charge in [0.05, 0.1) is 0 Å². The van der Waals surface area contributed by atoms with Crippen molar-refractivity contribution in [2.24, 2.45) is 0 Å². The van der Waals surface area contributed by atoms with Crippen molar-refractivity contribution in [2.45, 2.75) is 12.8 Å². The number of halogens is 2. The van der Waals surface area contributed by atoms with Gasteiger partial charge in [0.1, 0.15) is 0 Å². The summed E-state index contributed by atoms with van der Waals surface area (Å²) >= 11 is 1.58. The number of hydrogen-bond acceptors (Lipinski definition) is 0. The molecule has 0 aliphatic heterocycles. The van der Waals surface area contributed by atoms with Crippen LogP contribution >= 0.6 is 34.0 Å². The Morgan fingerprint density at radius 2 is 1.00 bits per heavy atom. The van der Waals surface area contributed by atoms with Gasteiger partial charge in [-0.25, -0.2) is 24.3 Å². The Morgan fingerprint density at radius 1 is 0.722 bits per heavy atom. The molecule has 0 saturated carbocycles. The Kier molecular flexibility index (Phi) is 102. The van der Waals surface area contributed by atoms with Gasteiger partial charge >= 0.3 is 30.2 Å². The quantitative estimate of drug-likeness (QED) is 0.355. The van der Waals surface area contributed by atoms with Crippen molar-refractivity contribution in [3.05, 3.63) is 78.3 Å². The topological polar surface area (TPSA) is 0 Å². The van der Waals surface area contributed by atoms with Crippen molar-refractivity contribution in [3.8, 4) is 0 Å². The van der Waals surface area contributed by atoms with E-state index >= 15 is 0 Å². The fraction of sp³-hybridized carbons (Fsp3) is 0.143. The van der Waals surface area contributed by atoms with Gasteiger partial charge in [-0.05, 0) is 0 Å². The van der Waals surface area contributed by atoms with Crippen molar-refractivity contribution in [1.82, 2.24) is 0 Å². The Hall–Kier alpha value is 1.02. The second-order valence-corrected chi connectivity index (χ2v) is 2.01. The molecule has 0 saturated heterocycles. The average Bonchev–Trinajstić information content (AvgIpc) is 2.87. The molecule has 110 valence electrons. The molecule has 18 heavy (non-hydrogen) atoms. The van der Waals surface area contributed by atoms with Gasteiger partial charge in [-0.2, -0.15) is 12.2 Å². The normalized spacial score (nSPS) is 9.94. The molecule has 0 spiro atoms. The summed E-state index contributed by atoms with van der Waals surface area (Å²) in [6, 6.07) is 0. The maximum atomic E-state index is 2.99. The fourth-order valence-corrected chi connectivity index (χ4v) is 0.680.